The highest BCUT2D eigenvalue weighted by Gasteiger charge is 2.48. The van der Waals surface area contributed by atoms with Crippen LogP contribution in [0, 0.1) is 17.8 Å². The summed E-state index contributed by atoms with van der Waals surface area (Å²) in [5.41, 5.74) is 14.1. The Morgan fingerprint density at radius 2 is 1.55 bits per heavy atom. The van der Waals surface area contributed by atoms with Crippen molar-refractivity contribution in [3.63, 3.8) is 0 Å². The van der Waals surface area contributed by atoms with E-state index < -0.39 is 0 Å². The fourth-order valence-electron chi connectivity index (χ4n) is 5.30. The first-order chi connectivity index (χ1) is 10.6. The minimum Gasteiger partial charge on any atom is -0.398 e. The molecule has 116 valence electrons. The molecule has 4 saturated carbocycles. The number of nitrogens with two attached hydrogens (primary N) is 2. The van der Waals surface area contributed by atoms with E-state index in [9.17, 15) is 0 Å². The molecule has 4 aliphatic carbocycles. The molecule has 0 atom stereocenters. The first kappa shape index (κ1) is 14.0. The van der Waals surface area contributed by atoms with Crippen molar-refractivity contribution in [1.29, 1.82) is 0 Å². The van der Waals surface area contributed by atoms with Gasteiger partial charge in [-0.1, -0.05) is 6.07 Å². The molecule has 0 aliphatic heterocycles. The maximum Gasteiger partial charge on any atom is 0.0722 e. The average Bonchev–Trinajstić information content (AvgIpc) is 2.46. The Bertz CT molecular complexity index is 639. The van der Waals surface area contributed by atoms with Gasteiger partial charge in [0, 0.05) is 22.8 Å². The molecule has 0 spiro atoms. The van der Waals surface area contributed by atoms with Gasteiger partial charge in [-0.05, 0) is 80.5 Å². The van der Waals surface area contributed by atoms with Crippen molar-refractivity contribution in [3.05, 3.63) is 36.5 Å². The lowest BCUT2D eigenvalue weighted by Gasteiger charge is -2.55. The van der Waals surface area contributed by atoms with Crippen LogP contribution in [0.5, 0.6) is 0 Å². The van der Waals surface area contributed by atoms with Crippen molar-refractivity contribution < 1.29 is 0 Å². The van der Waals surface area contributed by atoms with Crippen LogP contribution in [-0.2, 0) is 0 Å². The summed E-state index contributed by atoms with van der Waals surface area (Å²) in [6.45, 7) is 0. The van der Waals surface area contributed by atoms with Crippen LogP contribution in [0.2, 0.25) is 0 Å². The van der Waals surface area contributed by atoms with Crippen LogP contribution >= 0.6 is 0 Å². The van der Waals surface area contributed by atoms with Crippen LogP contribution in [0.1, 0.15) is 38.5 Å². The van der Waals surface area contributed by atoms with Crippen molar-refractivity contribution >= 4 is 16.6 Å². The molecule has 1 aromatic heterocycles. The minimum atomic E-state index is 0.300. The Hall–Kier alpha value is -1.61. The molecule has 2 aromatic rings. The molecule has 6 rings (SSSR count). The molecule has 4 aliphatic rings. The number of hydrogen-bond donors (Lipinski definition) is 2. The minimum absolute atomic E-state index is 0.300. The zero-order chi connectivity index (χ0) is 15.2. The molecule has 0 saturated heterocycles. The summed E-state index contributed by atoms with van der Waals surface area (Å²) in [6, 6.07) is 9.59. The van der Waals surface area contributed by atoms with E-state index in [0.717, 1.165) is 34.3 Å². The summed E-state index contributed by atoms with van der Waals surface area (Å²) < 4.78 is 0. The second-order valence-corrected chi connectivity index (χ2v) is 7.70. The molecule has 0 amide bonds. The Morgan fingerprint density at radius 1 is 0.909 bits per heavy atom. The van der Waals surface area contributed by atoms with E-state index in [1.807, 2.05) is 30.3 Å². The van der Waals surface area contributed by atoms with Gasteiger partial charge >= 0.3 is 0 Å². The van der Waals surface area contributed by atoms with Gasteiger partial charge in [0.15, 0.2) is 0 Å². The lowest BCUT2D eigenvalue weighted by atomic mass is 9.53. The number of hydrogen-bond acceptors (Lipinski definition) is 3. The maximum atomic E-state index is 6.32. The highest BCUT2D eigenvalue weighted by Crippen LogP contribution is 2.54. The predicted molar refractivity (Wildman–Crippen MR) is 91.2 cm³/mol. The Labute approximate surface area is 132 Å². The molecule has 4 N–H and O–H groups in total. The third-order valence-corrected chi connectivity index (χ3v) is 5.77. The SMILES string of the molecule is NC12CC3CC(CC(C3)C1)C2.Nc1cccc2ncccc12. The molecule has 4 fully saturated rings. The molecule has 4 bridgehead atoms. The number of pyridine rings is 1. The quantitative estimate of drug-likeness (QED) is 0.728. The van der Waals surface area contributed by atoms with Crippen LogP contribution in [0.15, 0.2) is 36.5 Å². The number of rotatable bonds is 0. The summed E-state index contributed by atoms with van der Waals surface area (Å²) in [7, 11) is 0. The van der Waals surface area contributed by atoms with Crippen molar-refractivity contribution in [2.45, 2.75) is 44.1 Å². The fourth-order valence-corrected chi connectivity index (χ4v) is 5.30. The van der Waals surface area contributed by atoms with Crippen LogP contribution in [-0.4, -0.2) is 10.5 Å². The lowest BCUT2D eigenvalue weighted by molar-refractivity contribution is 0.000365. The van der Waals surface area contributed by atoms with E-state index in [1.165, 1.54) is 38.5 Å². The van der Waals surface area contributed by atoms with E-state index >= 15 is 0 Å². The largest absolute Gasteiger partial charge is 0.398 e. The molecular formula is C19H25N3. The molecular weight excluding hydrogens is 270 g/mol. The standard InChI is InChI=1S/C10H17N.C9H8N2/c11-10-4-7-1-8(5-10)3-9(2-7)6-10;10-8-4-1-5-9-7(8)3-2-6-11-9/h7-9H,1-6,11H2;1-6H,10H2. The van der Waals surface area contributed by atoms with Crippen molar-refractivity contribution in [2.24, 2.45) is 23.5 Å². The summed E-state index contributed by atoms with van der Waals surface area (Å²) in [4.78, 5) is 4.16. The topological polar surface area (TPSA) is 64.9 Å². The number of fused-ring (bicyclic) bond motifs is 1. The van der Waals surface area contributed by atoms with Crippen LogP contribution in [0.3, 0.4) is 0 Å². The third kappa shape index (κ3) is 2.58. The van der Waals surface area contributed by atoms with Gasteiger partial charge < -0.3 is 11.5 Å². The van der Waals surface area contributed by atoms with Gasteiger partial charge in [0.25, 0.3) is 0 Å². The zero-order valence-electron chi connectivity index (χ0n) is 13.0. The van der Waals surface area contributed by atoms with E-state index in [2.05, 4.69) is 4.98 Å². The smallest absolute Gasteiger partial charge is 0.0722 e. The Kier molecular flexibility index (Phi) is 3.33. The third-order valence-electron chi connectivity index (χ3n) is 5.77. The predicted octanol–water partition coefficient (Wildman–Crippen LogP) is 3.73. The average molecular weight is 295 g/mol. The van der Waals surface area contributed by atoms with E-state index in [1.54, 1.807) is 6.20 Å². The second-order valence-electron chi connectivity index (χ2n) is 7.70. The molecule has 0 radical (unpaired) electrons. The second kappa shape index (κ2) is 5.24. The summed E-state index contributed by atoms with van der Waals surface area (Å²) in [6.07, 6.45) is 10.3. The first-order valence-electron chi connectivity index (χ1n) is 8.49. The first-order valence-corrected chi connectivity index (χ1v) is 8.49. The molecule has 0 unspecified atom stereocenters. The van der Waals surface area contributed by atoms with E-state index in [0.29, 0.717) is 5.54 Å². The molecule has 1 heterocycles. The van der Waals surface area contributed by atoms with Gasteiger partial charge in [0.1, 0.15) is 0 Å². The van der Waals surface area contributed by atoms with Crippen LogP contribution < -0.4 is 11.5 Å². The number of aromatic nitrogens is 1. The summed E-state index contributed by atoms with van der Waals surface area (Å²) in [5, 5.41) is 1.02. The Morgan fingerprint density at radius 3 is 2.09 bits per heavy atom. The lowest BCUT2D eigenvalue weighted by Crippen LogP contribution is -2.55. The molecule has 3 heteroatoms. The summed E-state index contributed by atoms with van der Waals surface area (Å²) in [5.74, 6) is 3.06. The number of nitrogen functional groups attached to an aromatic ring is 1. The highest BCUT2D eigenvalue weighted by atomic mass is 14.8. The van der Waals surface area contributed by atoms with E-state index in [4.69, 9.17) is 11.5 Å². The molecule has 3 nitrogen and oxygen atoms in total. The number of nitrogens with zero attached hydrogens (tertiary/aromatic N) is 1. The van der Waals surface area contributed by atoms with Gasteiger partial charge in [-0.15, -0.1) is 0 Å². The summed E-state index contributed by atoms with van der Waals surface area (Å²) >= 11 is 0. The molecule has 22 heavy (non-hydrogen) atoms. The Balaban J connectivity index is 0.000000114. The van der Waals surface area contributed by atoms with Crippen molar-refractivity contribution in [2.75, 3.05) is 5.73 Å². The van der Waals surface area contributed by atoms with Gasteiger partial charge in [0.2, 0.25) is 0 Å². The van der Waals surface area contributed by atoms with E-state index in [-0.39, 0.29) is 0 Å². The van der Waals surface area contributed by atoms with Gasteiger partial charge in [-0.3, -0.25) is 4.98 Å². The number of benzene rings is 1. The van der Waals surface area contributed by atoms with Gasteiger partial charge in [-0.2, -0.15) is 0 Å². The highest BCUT2D eigenvalue weighted by molar-refractivity contribution is 5.89. The number of anilines is 1. The van der Waals surface area contributed by atoms with Gasteiger partial charge in [-0.25, -0.2) is 0 Å². The van der Waals surface area contributed by atoms with Gasteiger partial charge in [0.05, 0.1) is 5.52 Å². The van der Waals surface area contributed by atoms with Crippen molar-refractivity contribution in [1.82, 2.24) is 4.98 Å². The zero-order valence-corrected chi connectivity index (χ0v) is 13.0. The normalized spacial score (nSPS) is 35.2. The molecule has 1 aromatic carbocycles. The monoisotopic (exact) mass is 295 g/mol. The van der Waals surface area contributed by atoms with Crippen LogP contribution in [0.4, 0.5) is 5.69 Å². The maximum absolute atomic E-state index is 6.32. The fraction of sp³-hybridized carbons (Fsp3) is 0.526. The van der Waals surface area contributed by atoms with Crippen molar-refractivity contribution in [3.8, 4) is 0 Å². The van der Waals surface area contributed by atoms with Crippen LogP contribution in [0.25, 0.3) is 10.9 Å².